The van der Waals surface area contributed by atoms with Gasteiger partial charge in [-0.3, -0.25) is 0 Å². The molecule has 0 fully saturated rings. The average Bonchev–Trinajstić information content (AvgIpc) is 3.48. The van der Waals surface area contributed by atoms with Crippen LogP contribution in [0, 0.1) is 10.8 Å². The molecule has 0 spiro atoms. The third kappa shape index (κ3) is 22.6. The van der Waals surface area contributed by atoms with E-state index < -0.39 is 52.6 Å². The third-order valence-corrected chi connectivity index (χ3v) is 10.3. The first-order valence-corrected chi connectivity index (χ1v) is 23.1. The molecular weight excluding hydrogens is 981 g/mol. The van der Waals surface area contributed by atoms with E-state index in [0.29, 0.717) is 38.9 Å². The summed E-state index contributed by atoms with van der Waals surface area (Å²) in [4.78, 5) is 81.9. The van der Waals surface area contributed by atoms with Crippen LogP contribution in [0.25, 0.3) is 0 Å². The van der Waals surface area contributed by atoms with Crippen molar-refractivity contribution in [2.75, 3.05) is 46.2 Å². The molecule has 0 bridgehead atoms. The molecule has 0 heterocycles. The molecule has 0 amide bonds. The second kappa shape index (κ2) is 33.4. The lowest BCUT2D eigenvalue weighted by Gasteiger charge is -2.31. The molecule has 0 aliphatic carbocycles. The number of aliphatic hydroxyl groups is 3. The quantitative estimate of drug-likeness (QED) is 0.0347. The number of aliphatic hydroxyl groups excluding tert-OH is 3. The molecule has 0 atom stereocenters. The molecule has 7 rings (SSSR count). The smallest absolute Gasteiger partial charge is 0.338 e. The van der Waals surface area contributed by atoms with Gasteiger partial charge in [-0.1, -0.05) is 134 Å². The van der Waals surface area contributed by atoms with E-state index in [2.05, 4.69) is 0 Å². The number of hydrogen-bond donors (Lipinski definition) is 6. The minimum absolute atomic E-state index is 0.181. The number of benzene rings is 7. The van der Waals surface area contributed by atoms with Crippen molar-refractivity contribution in [3.05, 3.63) is 251 Å². The second-order valence-corrected chi connectivity index (χ2v) is 16.6. The van der Waals surface area contributed by atoms with Gasteiger partial charge in [-0.15, -0.1) is 0 Å². The summed E-state index contributed by atoms with van der Waals surface area (Å²) in [6.45, 7) is -0.466. The Labute approximate surface area is 438 Å². The van der Waals surface area contributed by atoms with Crippen molar-refractivity contribution in [3.8, 4) is 0 Å². The number of hydrogen-bond acceptors (Lipinski definition) is 14. The van der Waals surface area contributed by atoms with Crippen molar-refractivity contribution in [1.29, 1.82) is 0 Å². The highest BCUT2D eigenvalue weighted by atomic mass is 16.6. The van der Waals surface area contributed by atoms with Gasteiger partial charge in [0.1, 0.15) is 31.8 Å². The van der Waals surface area contributed by atoms with Gasteiger partial charge < -0.3 is 49.6 Å². The fourth-order valence-electron chi connectivity index (χ4n) is 5.65. The Balaban J connectivity index is 0.000000344. The van der Waals surface area contributed by atoms with Crippen LogP contribution in [-0.2, 0) is 18.9 Å². The Hall–Kier alpha value is -9.29. The lowest BCUT2D eigenvalue weighted by atomic mass is 9.92. The predicted octanol–water partition coefficient (Wildman–Crippen LogP) is 8.52. The molecular formula is C59H58O17. The lowest BCUT2D eigenvalue weighted by molar-refractivity contribution is -0.0642. The van der Waals surface area contributed by atoms with Crippen LogP contribution in [0.1, 0.15) is 79.4 Å². The zero-order chi connectivity index (χ0) is 55.6. The molecule has 0 saturated carbocycles. The fourth-order valence-corrected chi connectivity index (χ4v) is 5.65. The Morgan fingerprint density at radius 3 is 0.579 bits per heavy atom. The Morgan fingerprint density at radius 1 is 0.303 bits per heavy atom. The zero-order valence-corrected chi connectivity index (χ0v) is 41.3. The maximum Gasteiger partial charge on any atom is 0.338 e. The number of carbonyl (C=O) groups is 7. The first-order chi connectivity index (χ1) is 36.6. The molecule has 6 N–H and O–H groups in total. The highest BCUT2D eigenvalue weighted by molar-refractivity contribution is 5.91. The van der Waals surface area contributed by atoms with Crippen molar-refractivity contribution < 1.29 is 83.1 Å². The monoisotopic (exact) mass is 1040 g/mol. The summed E-state index contributed by atoms with van der Waals surface area (Å²) in [7, 11) is 0. The van der Waals surface area contributed by atoms with Crippen molar-refractivity contribution in [1.82, 2.24) is 0 Å². The number of carboxylic acids is 3. The Bertz CT molecular complexity index is 2460. The fraction of sp³-hybridized carbons (Fsp3) is 0.169. The van der Waals surface area contributed by atoms with Crippen LogP contribution in [0.15, 0.2) is 212 Å². The van der Waals surface area contributed by atoms with Crippen LogP contribution >= 0.6 is 0 Å². The number of carboxylic acid groups (broad SMARTS) is 3. The van der Waals surface area contributed by atoms with Crippen molar-refractivity contribution in [3.63, 3.8) is 0 Å². The van der Waals surface area contributed by atoms with Crippen LogP contribution in [-0.4, -0.2) is 119 Å². The lowest BCUT2D eigenvalue weighted by Crippen LogP contribution is -2.44. The van der Waals surface area contributed by atoms with Crippen LogP contribution in [0.4, 0.5) is 0 Å². The SMILES string of the molecule is CC(CO)(CO)CO.O=C(O)c1ccccc1.O=C(O)c1ccccc1.O=C(O)c1ccccc1.O=C(OCC(COC(=O)c1ccccc1)(COC(=O)c1ccccc1)COC(=O)c1ccccc1)c1ccccc1. The summed E-state index contributed by atoms with van der Waals surface area (Å²) in [5, 5.41) is 50.6. The molecule has 7 aromatic rings. The van der Waals surface area contributed by atoms with E-state index in [0.717, 1.165) is 0 Å². The summed E-state index contributed by atoms with van der Waals surface area (Å²) in [5.74, 6) is -5.22. The van der Waals surface area contributed by atoms with Gasteiger partial charge in [-0.05, 0) is 84.9 Å². The van der Waals surface area contributed by atoms with Crippen LogP contribution in [0.3, 0.4) is 0 Å². The van der Waals surface area contributed by atoms with Gasteiger partial charge in [-0.2, -0.15) is 0 Å². The van der Waals surface area contributed by atoms with Gasteiger partial charge in [0.15, 0.2) is 0 Å². The third-order valence-electron chi connectivity index (χ3n) is 10.3. The van der Waals surface area contributed by atoms with Gasteiger partial charge in [0, 0.05) is 5.41 Å². The van der Waals surface area contributed by atoms with Gasteiger partial charge in [0.2, 0.25) is 0 Å². The number of aromatic carboxylic acids is 3. The zero-order valence-electron chi connectivity index (χ0n) is 41.3. The Morgan fingerprint density at radius 2 is 0.461 bits per heavy atom. The van der Waals surface area contributed by atoms with E-state index in [1.54, 1.807) is 219 Å². The maximum absolute atomic E-state index is 12.8. The van der Waals surface area contributed by atoms with Gasteiger partial charge in [-0.25, -0.2) is 33.6 Å². The molecule has 17 nitrogen and oxygen atoms in total. The van der Waals surface area contributed by atoms with Gasteiger partial charge in [0.05, 0.1) is 58.8 Å². The summed E-state index contributed by atoms with van der Waals surface area (Å²) >= 11 is 0. The molecule has 0 aliphatic rings. The second-order valence-electron chi connectivity index (χ2n) is 16.6. The highest BCUT2D eigenvalue weighted by Gasteiger charge is 2.38. The standard InChI is InChI=1S/C33H28O8.3C7H6O2.C5H12O3/c34-29(25-13-5-1-6-14-25)38-21-33(22-39-30(35)26-15-7-2-8-16-26,23-40-31(36)27-17-9-3-10-18-27)24-41-32(37)28-19-11-4-12-20-28;3*8-7(9)6-4-2-1-3-5-6;1-5(2-6,3-7)4-8/h1-20H,21-24H2;3*1-5H,(H,8,9);6-8H,2-4H2,1H3. The van der Waals surface area contributed by atoms with Crippen LogP contribution in [0.2, 0.25) is 0 Å². The minimum Gasteiger partial charge on any atom is -0.478 e. The predicted molar refractivity (Wildman–Crippen MR) is 279 cm³/mol. The Kier molecular flexibility index (Phi) is 26.8. The molecule has 76 heavy (non-hydrogen) atoms. The molecule has 0 saturated heterocycles. The topological polar surface area (TPSA) is 278 Å². The first kappa shape index (κ1) is 61.0. The number of esters is 4. The summed E-state index contributed by atoms with van der Waals surface area (Å²) in [5.41, 5.74) is 0.0440. The normalized spacial score (nSPS) is 10.2. The molecule has 396 valence electrons. The average molecular weight is 1040 g/mol. The summed E-state index contributed by atoms with van der Waals surface area (Å²) in [6.07, 6.45) is 0. The van der Waals surface area contributed by atoms with Crippen molar-refractivity contribution in [2.24, 2.45) is 10.8 Å². The highest BCUT2D eigenvalue weighted by Crippen LogP contribution is 2.24. The van der Waals surface area contributed by atoms with Crippen LogP contribution < -0.4 is 0 Å². The summed E-state index contributed by atoms with van der Waals surface area (Å²) < 4.78 is 22.4. The van der Waals surface area contributed by atoms with Gasteiger partial charge >= 0.3 is 41.8 Å². The van der Waals surface area contributed by atoms with E-state index in [4.69, 9.17) is 49.6 Å². The number of rotatable bonds is 18. The largest absolute Gasteiger partial charge is 0.478 e. The number of ether oxygens (including phenoxy) is 4. The minimum atomic E-state index is -1.43. The molecule has 0 aliphatic heterocycles. The van der Waals surface area contributed by atoms with E-state index in [1.165, 1.54) is 0 Å². The van der Waals surface area contributed by atoms with E-state index >= 15 is 0 Å². The van der Waals surface area contributed by atoms with E-state index in [9.17, 15) is 33.6 Å². The molecule has 0 unspecified atom stereocenters. The van der Waals surface area contributed by atoms with Crippen molar-refractivity contribution >= 4 is 41.8 Å². The van der Waals surface area contributed by atoms with E-state index in [-0.39, 0.29) is 46.2 Å². The van der Waals surface area contributed by atoms with Crippen LogP contribution in [0.5, 0.6) is 0 Å². The summed E-state index contributed by atoms with van der Waals surface area (Å²) in [6, 6.07) is 58.1. The van der Waals surface area contributed by atoms with Gasteiger partial charge in [0.25, 0.3) is 0 Å². The molecule has 7 aromatic carbocycles. The molecule has 0 radical (unpaired) electrons. The first-order valence-electron chi connectivity index (χ1n) is 23.1. The molecule has 0 aromatic heterocycles. The maximum atomic E-state index is 12.8. The number of carbonyl (C=O) groups excluding carboxylic acids is 4. The van der Waals surface area contributed by atoms with Crippen molar-refractivity contribution in [2.45, 2.75) is 6.92 Å². The van der Waals surface area contributed by atoms with E-state index in [1.807, 2.05) is 0 Å². The molecule has 17 heteroatoms.